The van der Waals surface area contributed by atoms with E-state index in [9.17, 15) is 19.6 Å². The molecule has 3 aromatic carbocycles. The number of thioether (sulfide) groups is 1. The highest BCUT2D eigenvalue weighted by atomic mass is 32.2. The van der Waals surface area contributed by atoms with Crippen LogP contribution >= 0.6 is 11.8 Å². The van der Waals surface area contributed by atoms with Crippen LogP contribution in [-0.2, 0) is 0 Å². The van der Waals surface area contributed by atoms with Crippen LogP contribution < -0.4 is 5.56 Å². The van der Waals surface area contributed by atoms with E-state index in [1.54, 1.807) is 43.3 Å². The highest BCUT2D eigenvalue weighted by Gasteiger charge is 2.23. The molecule has 0 amide bonds. The molecule has 0 fully saturated rings. The summed E-state index contributed by atoms with van der Waals surface area (Å²) < 4.78 is 15.9. The monoisotopic (exact) mass is 483 g/mol. The molecule has 5 rings (SSSR count). The van der Waals surface area contributed by atoms with E-state index < -0.39 is 16.6 Å². The highest BCUT2D eigenvalue weighted by Crippen LogP contribution is 2.31. The summed E-state index contributed by atoms with van der Waals surface area (Å²) in [7, 11) is 0. The molecule has 1 atom stereocenters. The standard InChI is InChI=1S/C26H18FN5O2S/c1-15(23(33)17(14-28)24-29-20-11-5-6-12-21(20)30-24)35-26-31-19-10-4-2-8-16(19)25(34)32(26)22-13-7-3-9-18(22)27/h2-13,15,33H,1H3,(H,29,30)/b23-17-. The lowest BCUT2D eigenvalue weighted by Crippen LogP contribution is -2.23. The first-order chi connectivity index (χ1) is 17.0. The van der Waals surface area contributed by atoms with Gasteiger partial charge in [-0.1, -0.05) is 48.2 Å². The number of para-hydroxylation sites is 4. The SMILES string of the molecule is CC(Sc1nc2ccccc2c(=O)n1-c1ccccc1F)/C(O)=C(\C#N)c1nc2ccccc2[nH]1. The predicted octanol–water partition coefficient (Wildman–Crippen LogP) is 5.37. The van der Waals surface area contributed by atoms with Crippen molar-refractivity contribution in [2.45, 2.75) is 17.3 Å². The third-order valence-corrected chi connectivity index (χ3v) is 6.56. The van der Waals surface area contributed by atoms with E-state index in [0.29, 0.717) is 16.4 Å². The Balaban J connectivity index is 1.63. The van der Waals surface area contributed by atoms with Gasteiger partial charge >= 0.3 is 0 Å². The average Bonchev–Trinajstić information content (AvgIpc) is 3.29. The van der Waals surface area contributed by atoms with Gasteiger partial charge in [0.25, 0.3) is 5.56 Å². The van der Waals surface area contributed by atoms with E-state index in [1.807, 2.05) is 24.3 Å². The van der Waals surface area contributed by atoms with Crippen LogP contribution in [0.15, 0.2) is 88.5 Å². The molecule has 0 aliphatic rings. The van der Waals surface area contributed by atoms with Gasteiger partial charge in [0, 0.05) is 0 Å². The van der Waals surface area contributed by atoms with Crippen molar-refractivity contribution in [3.8, 4) is 11.8 Å². The Kier molecular flexibility index (Phi) is 5.81. The minimum absolute atomic E-state index is 0.0261. The van der Waals surface area contributed by atoms with Gasteiger partial charge in [-0.2, -0.15) is 5.26 Å². The molecule has 9 heteroatoms. The van der Waals surface area contributed by atoms with Gasteiger partial charge < -0.3 is 10.1 Å². The maximum Gasteiger partial charge on any atom is 0.266 e. The first-order valence-corrected chi connectivity index (χ1v) is 11.6. The summed E-state index contributed by atoms with van der Waals surface area (Å²) in [5.74, 6) is -0.586. The van der Waals surface area contributed by atoms with Gasteiger partial charge in [0.05, 0.1) is 32.9 Å². The summed E-state index contributed by atoms with van der Waals surface area (Å²) in [5.41, 5.74) is 1.42. The van der Waals surface area contributed by atoms with E-state index in [0.717, 1.165) is 17.3 Å². The molecule has 0 radical (unpaired) electrons. The van der Waals surface area contributed by atoms with E-state index >= 15 is 0 Å². The molecule has 2 aromatic heterocycles. The Bertz CT molecular complexity index is 1680. The van der Waals surface area contributed by atoms with Crippen molar-refractivity contribution < 1.29 is 9.50 Å². The fraction of sp³-hybridized carbons (Fsp3) is 0.0769. The molecule has 1 unspecified atom stereocenters. The number of aromatic amines is 1. The van der Waals surface area contributed by atoms with E-state index in [2.05, 4.69) is 15.0 Å². The number of benzene rings is 3. The number of nitrogens with zero attached hydrogens (tertiary/aromatic N) is 4. The summed E-state index contributed by atoms with van der Waals surface area (Å²) in [6.45, 7) is 1.67. The van der Waals surface area contributed by atoms with E-state index in [1.165, 1.54) is 22.8 Å². The predicted molar refractivity (Wildman–Crippen MR) is 134 cm³/mol. The van der Waals surface area contributed by atoms with E-state index in [-0.39, 0.29) is 28.0 Å². The number of allylic oxidation sites excluding steroid dienone is 1. The number of hydrogen-bond donors (Lipinski definition) is 2. The van der Waals surface area contributed by atoms with Crippen LogP contribution in [0.2, 0.25) is 0 Å². The minimum Gasteiger partial charge on any atom is -0.510 e. The van der Waals surface area contributed by atoms with Crippen molar-refractivity contribution in [1.29, 1.82) is 5.26 Å². The number of fused-ring (bicyclic) bond motifs is 2. The number of nitrogens with one attached hydrogen (secondary N) is 1. The number of H-pyrrole nitrogens is 1. The molecule has 35 heavy (non-hydrogen) atoms. The van der Waals surface area contributed by atoms with E-state index in [4.69, 9.17) is 0 Å². The molecule has 0 saturated carbocycles. The van der Waals surface area contributed by atoms with Crippen LogP contribution in [0.1, 0.15) is 12.7 Å². The molecule has 172 valence electrons. The van der Waals surface area contributed by atoms with Crippen molar-refractivity contribution in [3.63, 3.8) is 0 Å². The molecule has 5 aromatic rings. The van der Waals surface area contributed by atoms with Crippen molar-refractivity contribution in [2.75, 3.05) is 0 Å². The molecule has 7 nitrogen and oxygen atoms in total. The molecule has 0 spiro atoms. The second kappa shape index (κ2) is 9.08. The maximum absolute atomic E-state index is 14.7. The molecular weight excluding hydrogens is 465 g/mol. The number of aliphatic hydroxyl groups excluding tert-OH is 1. The molecule has 2 heterocycles. The zero-order valence-electron chi connectivity index (χ0n) is 18.4. The smallest absolute Gasteiger partial charge is 0.266 e. The van der Waals surface area contributed by atoms with Gasteiger partial charge in [-0.15, -0.1) is 0 Å². The van der Waals surface area contributed by atoms with Crippen molar-refractivity contribution in [3.05, 3.63) is 101 Å². The number of hydrogen-bond acceptors (Lipinski definition) is 6. The first kappa shape index (κ1) is 22.4. The van der Waals surface area contributed by atoms with Crippen molar-refractivity contribution >= 4 is 39.3 Å². The van der Waals surface area contributed by atoms with Crippen molar-refractivity contribution in [1.82, 2.24) is 19.5 Å². The number of nitriles is 1. The Morgan fingerprint density at radius 3 is 2.49 bits per heavy atom. The van der Waals surface area contributed by atoms with Crippen LogP contribution in [0.5, 0.6) is 0 Å². The third-order valence-electron chi connectivity index (χ3n) is 5.50. The number of aliphatic hydroxyl groups is 1. The second-order valence-corrected chi connectivity index (χ2v) is 9.05. The molecule has 2 N–H and O–H groups in total. The van der Waals surface area contributed by atoms with Crippen LogP contribution in [0.25, 0.3) is 33.2 Å². The number of halogens is 1. The lowest BCUT2D eigenvalue weighted by Gasteiger charge is -2.17. The summed E-state index contributed by atoms with van der Waals surface area (Å²) in [6.07, 6.45) is 0. The van der Waals surface area contributed by atoms with Gasteiger partial charge in [-0.3, -0.25) is 9.36 Å². The quantitative estimate of drug-likeness (QED) is 0.151. The molecule has 0 bridgehead atoms. The molecule has 0 aliphatic heterocycles. The molecule has 0 saturated heterocycles. The third kappa shape index (κ3) is 4.05. The fourth-order valence-electron chi connectivity index (χ4n) is 3.76. The highest BCUT2D eigenvalue weighted by molar-refractivity contribution is 8.00. The Morgan fingerprint density at radius 2 is 1.74 bits per heavy atom. The van der Waals surface area contributed by atoms with Gasteiger partial charge in [0.2, 0.25) is 0 Å². The summed E-state index contributed by atoms with van der Waals surface area (Å²) in [6, 6.07) is 22.0. The van der Waals surface area contributed by atoms with Crippen LogP contribution in [0.4, 0.5) is 4.39 Å². The summed E-state index contributed by atoms with van der Waals surface area (Å²) in [5, 5.41) is 20.6. The van der Waals surface area contributed by atoms with Gasteiger partial charge in [-0.05, 0) is 43.3 Å². The Labute approximate surface area is 203 Å². The lowest BCUT2D eigenvalue weighted by atomic mass is 10.2. The number of rotatable bonds is 5. The lowest BCUT2D eigenvalue weighted by molar-refractivity contribution is 0.401. The van der Waals surface area contributed by atoms with Crippen LogP contribution in [0.3, 0.4) is 0 Å². The fourth-order valence-corrected chi connectivity index (χ4v) is 4.74. The normalized spacial score (nSPS) is 12.9. The zero-order chi connectivity index (χ0) is 24.5. The maximum atomic E-state index is 14.7. The minimum atomic E-state index is -0.705. The average molecular weight is 484 g/mol. The topological polar surface area (TPSA) is 108 Å². The van der Waals surface area contributed by atoms with Crippen molar-refractivity contribution in [2.24, 2.45) is 0 Å². The molecular formula is C26H18FN5O2S. The molecule has 0 aliphatic carbocycles. The van der Waals surface area contributed by atoms with Crippen LogP contribution in [0, 0.1) is 17.1 Å². The second-order valence-electron chi connectivity index (χ2n) is 7.74. The van der Waals surface area contributed by atoms with Gasteiger partial charge in [0.15, 0.2) is 11.0 Å². The summed E-state index contributed by atoms with van der Waals surface area (Å²) >= 11 is 1.04. The van der Waals surface area contributed by atoms with Gasteiger partial charge in [0.1, 0.15) is 23.2 Å². The Morgan fingerprint density at radius 1 is 1.06 bits per heavy atom. The summed E-state index contributed by atoms with van der Waals surface area (Å²) in [4.78, 5) is 25.4. The number of aromatic nitrogens is 4. The first-order valence-electron chi connectivity index (χ1n) is 10.7. The number of imidazole rings is 1. The zero-order valence-corrected chi connectivity index (χ0v) is 19.3. The van der Waals surface area contributed by atoms with Gasteiger partial charge in [-0.25, -0.2) is 14.4 Å². The Hall–Kier alpha value is -4.42. The largest absolute Gasteiger partial charge is 0.510 e. The van der Waals surface area contributed by atoms with Crippen LogP contribution in [-0.4, -0.2) is 29.9 Å².